The zero-order valence-electron chi connectivity index (χ0n) is 12.2. The molecule has 4 nitrogen and oxygen atoms in total. The van der Waals surface area contributed by atoms with Crippen molar-refractivity contribution in [2.45, 2.75) is 39.4 Å². The maximum Gasteiger partial charge on any atom is 0.245 e. The number of halogens is 2. The van der Waals surface area contributed by atoms with Crippen LogP contribution in [0, 0.1) is 11.7 Å². The first kappa shape index (κ1) is 15.8. The zero-order chi connectivity index (χ0) is 15.7. The minimum absolute atomic E-state index is 0.00898. The van der Waals surface area contributed by atoms with Crippen LogP contribution in [-0.4, -0.2) is 28.8 Å². The van der Waals surface area contributed by atoms with Crippen molar-refractivity contribution in [3.63, 3.8) is 0 Å². The molecule has 1 heterocycles. The summed E-state index contributed by atoms with van der Waals surface area (Å²) in [5.41, 5.74) is 0.236. The van der Waals surface area contributed by atoms with E-state index in [0.717, 1.165) is 0 Å². The van der Waals surface area contributed by atoms with Gasteiger partial charge in [-0.25, -0.2) is 4.39 Å². The van der Waals surface area contributed by atoms with Gasteiger partial charge in [-0.3, -0.25) is 9.59 Å². The van der Waals surface area contributed by atoms with E-state index in [0.29, 0.717) is 0 Å². The molecule has 0 aromatic heterocycles. The van der Waals surface area contributed by atoms with Crippen LogP contribution in [0.15, 0.2) is 18.2 Å². The molecule has 2 atom stereocenters. The second-order valence-electron chi connectivity index (χ2n) is 5.59. The lowest BCUT2D eigenvalue weighted by Crippen LogP contribution is -2.63. The molecule has 0 bridgehead atoms. The lowest BCUT2D eigenvalue weighted by atomic mass is 9.96. The largest absolute Gasteiger partial charge is 0.343 e. The third kappa shape index (κ3) is 3.02. The Labute approximate surface area is 128 Å². The first-order valence-corrected chi connectivity index (χ1v) is 7.24. The topological polar surface area (TPSA) is 49.4 Å². The fraction of sp³-hybridized carbons (Fsp3) is 0.467. The fourth-order valence-electron chi connectivity index (χ4n) is 2.58. The number of hydrogen-bond acceptors (Lipinski definition) is 2. The molecule has 2 unspecified atom stereocenters. The molecule has 0 saturated carbocycles. The lowest BCUT2D eigenvalue weighted by Gasteiger charge is -2.40. The Hall–Kier alpha value is -1.62. The second-order valence-corrected chi connectivity index (χ2v) is 5.99. The number of carbonyl (C=O) groups is 2. The Balaban J connectivity index is 2.37. The summed E-state index contributed by atoms with van der Waals surface area (Å²) in [6, 6.07) is 3.14. The number of amides is 2. The molecule has 1 aromatic rings. The Kier molecular flexibility index (Phi) is 4.52. The minimum atomic E-state index is -0.621. The number of carbonyl (C=O) groups excluding carboxylic acids is 2. The van der Waals surface area contributed by atoms with Crippen molar-refractivity contribution in [2.24, 2.45) is 5.92 Å². The first-order chi connectivity index (χ1) is 9.82. The van der Waals surface area contributed by atoms with E-state index in [2.05, 4.69) is 5.32 Å². The van der Waals surface area contributed by atoms with E-state index in [1.165, 1.54) is 17.0 Å². The summed E-state index contributed by atoms with van der Waals surface area (Å²) >= 11 is 6.02. The number of piperazine rings is 1. The lowest BCUT2D eigenvalue weighted by molar-refractivity contribution is -0.151. The van der Waals surface area contributed by atoms with E-state index in [4.69, 9.17) is 11.6 Å². The Bertz CT molecular complexity index is 557. The smallest absolute Gasteiger partial charge is 0.245 e. The molecule has 21 heavy (non-hydrogen) atoms. The van der Waals surface area contributed by atoms with Crippen molar-refractivity contribution in [3.8, 4) is 0 Å². The average Bonchev–Trinajstić information content (AvgIpc) is 2.38. The molecule has 0 aliphatic carbocycles. The number of nitrogens with one attached hydrogen (secondary N) is 1. The van der Waals surface area contributed by atoms with Crippen LogP contribution in [0.25, 0.3) is 0 Å². The highest BCUT2D eigenvalue weighted by molar-refractivity contribution is 6.31. The molecule has 1 saturated heterocycles. The predicted octanol–water partition coefficient (Wildman–Crippen LogP) is 2.35. The fourth-order valence-corrected chi connectivity index (χ4v) is 2.80. The highest BCUT2D eigenvalue weighted by Crippen LogP contribution is 2.25. The van der Waals surface area contributed by atoms with E-state index in [1.807, 2.05) is 13.8 Å². The number of hydrogen-bond donors (Lipinski definition) is 1. The summed E-state index contributed by atoms with van der Waals surface area (Å²) in [4.78, 5) is 25.9. The standard InChI is InChI=1S/C15H18ClFN2O2/c1-8(2)13-14(20)18-9(3)15(21)19(13)7-10-11(16)5-4-6-12(10)17/h4-6,8-9,13H,7H2,1-3H3,(H,18,20). The first-order valence-electron chi connectivity index (χ1n) is 6.86. The van der Waals surface area contributed by atoms with Crippen LogP contribution < -0.4 is 5.32 Å². The molecule has 1 aromatic carbocycles. The molecule has 1 N–H and O–H groups in total. The van der Waals surface area contributed by atoms with Crippen LogP contribution in [0.3, 0.4) is 0 Å². The van der Waals surface area contributed by atoms with Gasteiger partial charge in [-0.05, 0) is 25.0 Å². The van der Waals surface area contributed by atoms with Crippen LogP contribution in [0.2, 0.25) is 5.02 Å². The van der Waals surface area contributed by atoms with Crippen molar-refractivity contribution in [1.82, 2.24) is 10.2 Å². The van der Waals surface area contributed by atoms with Gasteiger partial charge in [0, 0.05) is 10.6 Å². The van der Waals surface area contributed by atoms with Crippen LogP contribution >= 0.6 is 11.6 Å². The van der Waals surface area contributed by atoms with Gasteiger partial charge in [0.15, 0.2) is 0 Å². The van der Waals surface area contributed by atoms with Crippen LogP contribution in [-0.2, 0) is 16.1 Å². The van der Waals surface area contributed by atoms with E-state index >= 15 is 0 Å². The molecule has 1 aliphatic rings. The molecule has 2 rings (SSSR count). The van der Waals surface area contributed by atoms with Gasteiger partial charge < -0.3 is 10.2 Å². The minimum Gasteiger partial charge on any atom is -0.343 e. The van der Waals surface area contributed by atoms with E-state index in [1.54, 1.807) is 13.0 Å². The maximum atomic E-state index is 13.9. The molecule has 1 fully saturated rings. The molecular weight excluding hydrogens is 295 g/mol. The molecular formula is C15H18ClFN2O2. The summed E-state index contributed by atoms with van der Waals surface area (Å²) in [5.74, 6) is -0.999. The Morgan fingerprint density at radius 1 is 1.38 bits per heavy atom. The van der Waals surface area contributed by atoms with E-state index in [9.17, 15) is 14.0 Å². The van der Waals surface area contributed by atoms with Gasteiger partial charge in [-0.1, -0.05) is 31.5 Å². The van der Waals surface area contributed by atoms with Crippen molar-refractivity contribution < 1.29 is 14.0 Å². The van der Waals surface area contributed by atoms with E-state index < -0.39 is 17.9 Å². The molecule has 114 valence electrons. The molecule has 0 radical (unpaired) electrons. The van der Waals surface area contributed by atoms with E-state index in [-0.39, 0.29) is 34.9 Å². The quantitative estimate of drug-likeness (QED) is 0.931. The zero-order valence-corrected chi connectivity index (χ0v) is 12.9. The summed E-state index contributed by atoms with van der Waals surface area (Å²) in [5, 5.41) is 2.90. The summed E-state index contributed by atoms with van der Waals surface area (Å²) < 4.78 is 13.9. The average molecular weight is 313 g/mol. The van der Waals surface area contributed by atoms with Crippen LogP contribution in [0.4, 0.5) is 4.39 Å². The third-order valence-corrected chi connectivity index (χ3v) is 3.99. The predicted molar refractivity (Wildman–Crippen MR) is 78.2 cm³/mol. The van der Waals surface area contributed by atoms with Crippen LogP contribution in [0.1, 0.15) is 26.3 Å². The highest BCUT2D eigenvalue weighted by atomic mass is 35.5. The van der Waals surface area contributed by atoms with Crippen LogP contribution in [0.5, 0.6) is 0 Å². The second kappa shape index (κ2) is 6.02. The van der Waals surface area contributed by atoms with Gasteiger partial charge in [-0.15, -0.1) is 0 Å². The van der Waals surface area contributed by atoms with Crippen molar-refractivity contribution in [3.05, 3.63) is 34.6 Å². The van der Waals surface area contributed by atoms with Gasteiger partial charge in [-0.2, -0.15) is 0 Å². The van der Waals surface area contributed by atoms with Gasteiger partial charge in [0.05, 0.1) is 6.54 Å². The monoisotopic (exact) mass is 312 g/mol. The molecule has 6 heteroatoms. The highest BCUT2D eigenvalue weighted by Gasteiger charge is 2.40. The summed E-state index contributed by atoms with van der Waals surface area (Å²) in [6.07, 6.45) is 0. The summed E-state index contributed by atoms with van der Waals surface area (Å²) in [6.45, 7) is 5.31. The summed E-state index contributed by atoms with van der Waals surface area (Å²) in [7, 11) is 0. The normalized spacial score (nSPS) is 22.7. The van der Waals surface area contributed by atoms with Gasteiger partial charge >= 0.3 is 0 Å². The van der Waals surface area contributed by atoms with Crippen molar-refractivity contribution >= 4 is 23.4 Å². The number of rotatable bonds is 3. The van der Waals surface area contributed by atoms with Gasteiger partial charge in [0.25, 0.3) is 0 Å². The molecule has 0 spiro atoms. The molecule has 2 amide bonds. The maximum absolute atomic E-state index is 13.9. The van der Waals surface area contributed by atoms with Gasteiger partial charge in [0.2, 0.25) is 11.8 Å². The number of nitrogens with zero attached hydrogens (tertiary/aromatic N) is 1. The Morgan fingerprint density at radius 2 is 2.05 bits per heavy atom. The number of benzene rings is 1. The third-order valence-electron chi connectivity index (χ3n) is 3.64. The molecule has 1 aliphatic heterocycles. The van der Waals surface area contributed by atoms with Crippen molar-refractivity contribution in [1.29, 1.82) is 0 Å². The van der Waals surface area contributed by atoms with Gasteiger partial charge in [0.1, 0.15) is 17.9 Å². The Morgan fingerprint density at radius 3 is 2.62 bits per heavy atom. The van der Waals surface area contributed by atoms with Crippen molar-refractivity contribution in [2.75, 3.05) is 0 Å². The SMILES string of the molecule is CC1NC(=O)C(C(C)C)N(Cc2c(F)cccc2Cl)C1=O.